The molecule has 0 saturated heterocycles. The lowest BCUT2D eigenvalue weighted by atomic mass is 9.80. The average molecular weight is 315 g/mol. The minimum absolute atomic E-state index is 0.159. The van der Waals surface area contributed by atoms with Crippen LogP contribution in [0.1, 0.15) is 68.2 Å². The van der Waals surface area contributed by atoms with Crippen LogP contribution >= 0.6 is 0 Å². The van der Waals surface area contributed by atoms with Crippen LogP contribution in [0.2, 0.25) is 0 Å². The molecule has 0 bridgehead atoms. The minimum atomic E-state index is -1.22. The molecule has 0 rings (SSSR count). The standard InChI is InChI=1S/C17H33NO4/c1-9-18(15(21)22-16(6,7)8)17(14(19)20,10-12(2)3)11-13(4)5/h12-13H,9-11H2,1-8H3,(H,19,20). The lowest BCUT2D eigenvalue weighted by Crippen LogP contribution is -2.59. The van der Waals surface area contributed by atoms with Crippen LogP contribution < -0.4 is 0 Å². The molecule has 0 unspecified atom stereocenters. The first-order chi connectivity index (χ1) is 9.85. The first kappa shape index (κ1) is 20.7. The Morgan fingerprint density at radius 2 is 1.45 bits per heavy atom. The molecule has 0 fully saturated rings. The number of carbonyl (C=O) groups is 2. The maximum Gasteiger partial charge on any atom is 0.411 e. The van der Waals surface area contributed by atoms with Gasteiger partial charge in [-0.25, -0.2) is 9.59 Å². The second-order valence-corrected chi connectivity index (χ2v) is 7.76. The van der Waals surface area contributed by atoms with Crippen LogP contribution in [0.25, 0.3) is 0 Å². The first-order valence-corrected chi connectivity index (χ1v) is 8.09. The van der Waals surface area contributed by atoms with E-state index in [1.54, 1.807) is 27.7 Å². The lowest BCUT2D eigenvalue weighted by Gasteiger charge is -2.42. The number of nitrogens with zero attached hydrogens (tertiary/aromatic N) is 1. The third-order valence-electron chi connectivity index (χ3n) is 3.34. The zero-order valence-corrected chi connectivity index (χ0v) is 15.4. The molecule has 1 amide bonds. The van der Waals surface area contributed by atoms with Crippen LogP contribution in [0.5, 0.6) is 0 Å². The second-order valence-electron chi connectivity index (χ2n) is 7.76. The van der Waals surface area contributed by atoms with Crippen LogP contribution in [0.15, 0.2) is 0 Å². The predicted octanol–water partition coefficient (Wildman–Crippen LogP) is 4.16. The van der Waals surface area contributed by atoms with E-state index < -0.39 is 23.2 Å². The molecule has 5 nitrogen and oxygen atoms in total. The van der Waals surface area contributed by atoms with Crippen molar-refractivity contribution in [2.75, 3.05) is 6.54 Å². The smallest absolute Gasteiger partial charge is 0.411 e. The number of likely N-dealkylation sites (N-methyl/N-ethyl adjacent to an activating group) is 1. The Bertz CT molecular complexity index is 373. The van der Waals surface area contributed by atoms with Gasteiger partial charge in [-0.15, -0.1) is 0 Å². The molecule has 0 heterocycles. The van der Waals surface area contributed by atoms with Crippen molar-refractivity contribution in [2.45, 2.75) is 79.4 Å². The first-order valence-electron chi connectivity index (χ1n) is 8.09. The summed E-state index contributed by atoms with van der Waals surface area (Å²) in [5.74, 6) is -0.639. The van der Waals surface area contributed by atoms with Crippen LogP contribution in [-0.2, 0) is 9.53 Å². The Balaban J connectivity index is 5.76. The van der Waals surface area contributed by atoms with Crippen molar-refractivity contribution in [1.29, 1.82) is 0 Å². The third-order valence-corrected chi connectivity index (χ3v) is 3.34. The maximum absolute atomic E-state index is 12.5. The fourth-order valence-electron chi connectivity index (χ4n) is 2.87. The van der Waals surface area contributed by atoms with Crippen LogP contribution in [0.3, 0.4) is 0 Å². The number of carbonyl (C=O) groups excluding carboxylic acids is 1. The highest BCUT2D eigenvalue weighted by Crippen LogP contribution is 2.33. The highest BCUT2D eigenvalue weighted by Gasteiger charge is 2.48. The van der Waals surface area contributed by atoms with E-state index in [0.29, 0.717) is 19.4 Å². The van der Waals surface area contributed by atoms with Gasteiger partial charge in [-0.3, -0.25) is 4.90 Å². The molecule has 0 aromatic heterocycles. The van der Waals surface area contributed by atoms with Crippen molar-refractivity contribution in [3.8, 4) is 0 Å². The number of hydrogen-bond donors (Lipinski definition) is 1. The van der Waals surface area contributed by atoms with E-state index >= 15 is 0 Å². The lowest BCUT2D eigenvalue weighted by molar-refractivity contribution is -0.154. The zero-order chi connectivity index (χ0) is 17.7. The predicted molar refractivity (Wildman–Crippen MR) is 87.9 cm³/mol. The van der Waals surface area contributed by atoms with Gasteiger partial charge in [0.25, 0.3) is 0 Å². The molecular weight excluding hydrogens is 282 g/mol. The van der Waals surface area contributed by atoms with Gasteiger partial charge in [-0.1, -0.05) is 27.7 Å². The van der Waals surface area contributed by atoms with Gasteiger partial charge in [0.15, 0.2) is 0 Å². The Hall–Kier alpha value is -1.26. The molecule has 5 heteroatoms. The summed E-state index contributed by atoms with van der Waals surface area (Å²) in [6, 6.07) is 0. The molecular formula is C17H33NO4. The summed E-state index contributed by atoms with van der Waals surface area (Å²) in [4.78, 5) is 26.0. The number of carboxylic acids is 1. The molecule has 0 atom stereocenters. The quantitative estimate of drug-likeness (QED) is 0.766. The van der Waals surface area contributed by atoms with E-state index in [1.807, 2.05) is 27.7 Å². The molecule has 0 saturated carbocycles. The van der Waals surface area contributed by atoms with Crippen molar-refractivity contribution in [1.82, 2.24) is 4.90 Å². The Morgan fingerprint density at radius 1 is 1.05 bits per heavy atom. The van der Waals surface area contributed by atoms with Gasteiger partial charge in [0, 0.05) is 6.54 Å². The molecule has 0 radical (unpaired) electrons. The molecule has 0 spiro atoms. The van der Waals surface area contributed by atoms with E-state index in [9.17, 15) is 14.7 Å². The van der Waals surface area contributed by atoms with Crippen LogP contribution in [0, 0.1) is 11.8 Å². The Morgan fingerprint density at radius 3 is 1.68 bits per heavy atom. The summed E-state index contributed by atoms with van der Waals surface area (Å²) < 4.78 is 5.43. The van der Waals surface area contributed by atoms with Crippen molar-refractivity contribution in [2.24, 2.45) is 11.8 Å². The fourth-order valence-corrected chi connectivity index (χ4v) is 2.87. The van der Waals surface area contributed by atoms with Crippen molar-refractivity contribution in [3.63, 3.8) is 0 Å². The van der Waals surface area contributed by atoms with E-state index in [1.165, 1.54) is 4.90 Å². The molecule has 1 N–H and O–H groups in total. The summed E-state index contributed by atoms with van der Waals surface area (Å²) in [7, 11) is 0. The molecule has 130 valence electrons. The number of aliphatic carboxylic acids is 1. The van der Waals surface area contributed by atoms with Gasteiger partial charge in [-0.2, -0.15) is 0 Å². The summed E-state index contributed by atoms with van der Waals surface area (Å²) in [6.07, 6.45) is 0.264. The summed E-state index contributed by atoms with van der Waals surface area (Å²) in [5, 5.41) is 9.92. The van der Waals surface area contributed by atoms with Crippen molar-refractivity contribution in [3.05, 3.63) is 0 Å². The Kier molecular flexibility index (Phi) is 7.39. The Labute approximate surface area is 135 Å². The molecule has 22 heavy (non-hydrogen) atoms. The minimum Gasteiger partial charge on any atom is -0.479 e. The second kappa shape index (κ2) is 7.84. The SMILES string of the molecule is CCN(C(=O)OC(C)(C)C)C(CC(C)C)(CC(C)C)C(=O)O. The van der Waals surface area contributed by atoms with E-state index in [4.69, 9.17) is 4.74 Å². The number of hydrogen-bond acceptors (Lipinski definition) is 3. The van der Waals surface area contributed by atoms with Gasteiger partial charge >= 0.3 is 12.1 Å². The van der Waals surface area contributed by atoms with E-state index in [-0.39, 0.29) is 11.8 Å². The van der Waals surface area contributed by atoms with Gasteiger partial charge in [0.1, 0.15) is 11.1 Å². The largest absolute Gasteiger partial charge is 0.479 e. The number of amides is 1. The number of rotatable bonds is 7. The van der Waals surface area contributed by atoms with Crippen molar-refractivity contribution < 1.29 is 19.4 Å². The normalized spacial score (nSPS) is 12.6. The van der Waals surface area contributed by atoms with Gasteiger partial charge in [0.2, 0.25) is 0 Å². The fraction of sp³-hybridized carbons (Fsp3) is 0.882. The van der Waals surface area contributed by atoms with Crippen LogP contribution in [-0.4, -0.2) is 39.8 Å². The maximum atomic E-state index is 12.5. The van der Waals surface area contributed by atoms with Gasteiger partial charge in [-0.05, 0) is 52.4 Å². The average Bonchev–Trinajstić information content (AvgIpc) is 2.24. The number of carboxylic acid groups (broad SMARTS) is 1. The zero-order valence-electron chi connectivity index (χ0n) is 15.4. The topological polar surface area (TPSA) is 66.8 Å². The van der Waals surface area contributed by atoms with E-state index in [0.717, 1.165) is 0 Å². The molecule has 0 aliphatic rings. The summed E-state index contributed by atoms with van der Waals surface area (Å²) in [6.45, 7) is 15.3. The number of ether oxygens (including phenoxy) is 1. The monoisotopic (exact) mass is 315 g/mol. The molecule has 0 aliphatic heterocycles. The highest BCUT2D eigenvalue weighted by molar-refractivity contribution is 5.84. The molecule has 0 aromatic rings. The van der Waals surface area contributed by atoms with Gasteiger partial charge < -0.3 is 9.84 Å². The highest BCUT2D eigenvalue weighted by atomic mass is 16.6. The summed E-state index contributed by atoms with van der Waals surface area (Å²) >= 11 is 0. The summed E-state index contributed by atoms with van der Waals surface area (Å²) in [5.41, 5.74) is -1.87. The van der Waals surface area contributed by atoms with E-state index in [2.05, 4.69) is 0 Å². The van der Waals surface area contributed by atoms with Crippen molar-refractivity contribution >= 4 is 12.1 Å². The molecule has 0 aliphatic carbocycles. The van der Waals surface area contributed by atoms with Gasteiger partial charge in [0.05, 0.1) is 0 Å². The molecule has 0 aromatic carbocycles. The third kappa shape index (κ3) is 5.85. The van der Waals surface area contributed by atoms with Crippen LogP contribution in [0.4, 0.5) is 4.79 Å².